The molecular formula is C36H21NOS. The number of furan rings is 1. The van der Waals surface area contributed by atoms with Gasteiger partial charge in [0.25, 0.3) is 0 Å². The van der Waals surface area contributed by atoms with Gasteiger partial charge >= 0.3 is 0 Å². The van der Waals surface area contributed by atoms with Crippen molar-refractivity contribution >= 4 is 75.3 Å². The first-order valence-electron chi connectivity index (χ1n) is 13.2. The molecule has 0 amide bonds. The third-order valence-electron chi connectivity index (χ3n) is 8.01. The summed E-state index contributed by atoms with van der Waals surface area (Å²) in [6.07, 6.45) is 0. The maximum absolute atomic E-state index is 6.24. The lowest BCUT2D eigenvalue weighted by atomic mass is 9.95. The van der Waals surface area contributed by atoms with Crippen molar-refractivity contribution < 1.29 is 4.42 Å². The second kappa shape index (κ2) is 7.83. The van der Waals surface area contributed by atoms with Gasteiger partial charge in [-0.25, -0.2) is 0 Å². The first kappa shape index (κ1) is 21.1. The quantitative estimate of drug-likeness (QED) is 0.224. The van der Waals surface area contributed by atoms with Crippen LogP contribution in [0.5, 0.6) is 0 Å². The van der Waals surface area contributed by atoms with Crippen LogP contribution in [-0.2, 0) is 0 Å². The smallest absolute Gasteiger partial charge is 0.136 e. The molecule has 2 nitrogen and oxygen atoms in total. The number of hydrogen-bond donors (Lipinski definition) is 0. The molecular weight excluding hydrogens is 494 g/mol. The van der Waals surface area contributed by atoms with E-state index in [1.165, 1.54) is 64.2 Å². The normalized spacial score (nSPS) is 12.1. The Morgan fingerprint density at radius 3 is 1.90 bits per heavy atom. The second-order valence-corrected chi connectivity index (χ2v) is 11.2. The number of thiophene rings is 1. The van der Waals surface area contributed by atoms with Gasteiger partial charge in [-0.05, 0) is 59.7 Å². The highest BCUT2D eigenvalue weighted by molar-refractivity contribution is 7.26. The molecule has 0 atom stereocenters. The second-order valence-electron chi connectivity index (χ2n) is 10.1. The van der Waals surface area contributed by atoms with Gasteiger partial charge < -0.3 is 8.98 Å². The van der Waals surface area contributed by atoms with Gasteiger partial charge in [-0.3, -0.25) is 0 Å². The summed E-state index contributed by atoms with van der Waals surface area (Å²) in [5, 5.41) is 7.49. The molecule has 0 spiro atoms. The first-order valence-corrected chi connectivity index (χ1v) is 14.0. The maximum Gasteiger partial charge on any atom is 0.136 e. The van der Waals surface area contributed by atoms with Crippen molar-refractivity contribution in [2.24, 2.45) is 0 Å². The van der Waals surface area contributed by atoms with Crippen LogP contribution < -0.4 is 0 Å². The van der Waals surface area contributed by atoms with E-state index in [4.69, 9.17) is 4.42 Å². The molecule has 3 heterocycles. The Hall–Kier alpha value is -4.86. The topological polar surface area (TPSA) is 18.1 Å². The van der Waals surface area contributed by atoms with Gasteiger partial charge in [-0.1, -0.05) is 78.9 Å². The zero-order valence-electron chi connectivity index (χ0n) is 20.9. The molecule has 0 unspecified atom stereocenters. The van der Waals surface area contributed by atoms with Crippen LogP contribution in [0.15, 0.2) is 132 Å². The van der Waals surface area contributed by atoms with Crippen molar-refractivity contribution in [1.29, 1.82) is 0 Å². The number of rotatable bonds is 2. The summed E-state index contributed by atoms with van der Waals surface area (Å²) in [5.74, 6) is 0. The molecule has 3 aromatic heterocycles. The number of fused-ring (bicyclic) bond motifs is 9. The summed E-state index contributed by atoms with van der Waals surface area (Å²) >= 11 is 1.86. The molecule has 0 N–H and O–H groups in total. The molecule has 0 fully saturated rings. The Morgan fingerprint density at radius 2 is 1.10 bits per heavy atom. The molecule has 0 radical (unpaired) electrons. The molecule has 0 saturated carbocycles. The summed E-state index contributed by atoms with van der Waals surface area (Å²) in [6, 6.07) is 45.8. The average molecular weight is 516 g/mol. The van der Waals surface area contributed by atoms with Crippen LogP contribution >= 0.6 is 11.3 Å². The van der Waals surface area contributed by atoms with E-state index in [2.05, 4.69) is 126 Å². The van der Waals surface area contributed by atoms with Crippen molar-refractivity contribution in [2.75, 3.05) is 0 Å². The van der Waals surface area contributed by atoms with E-state index in [1.807, 2.05) is 17.4 Å². The Morgan fingerprint density at radius 1 is 0.462 bits per heavy atom. The SMILES string of the molecule is c1ccc2c(c1)oc1cccc(-c3cccc4sc5ccc(-n6c7ccccc7c7ccccc76)cc5c34)c12. The standard InChI is InChI=1S/C36H21NOS/c1-4-14-29-23(9-1)24-10-2-5-15-30(24)37(29)22-19-20-33-28(21-22)36-26(13-8-18-34(36)39-33)25-12-7-17-32-35(25)27-11-3-6-16-31(27)38-32/h1-21H. The van der Waals surface area contributed by atoms with Gasteiger partial charge in [-0.2, -0.15) is 0 Å². The van der Waals surface area contributed by atoms with E-state index < -0.39 is 0 Å². The van der Waals surface area contributed by atoms with Crippen LogP contribution in [-0.4, -0.2) is 4.57 Å². The van der Waals surface area contributed by atoms with Crippen LogP contribution in [0.2, 0.25) is 0 Å². The molecule has 9 rings (SSSR count). The average Bonchev–Trinajstić information content (AvgIpc) is 3.66. The predicted molar refractivity (Wildman–Crippen MR) is 166 cm³/mol. The lowest BCUT2D eigenvalue weighted by Crippen LogP contribution is -1.93. The minimum absolute atomic E-state index is 0.927. The summed E-state index contributed by atoms with van der Waals surface area (Å²) in [7, 11) is 0. The van der Waals surface area contributed by atoms with Gasteiger partial charge in [0.2, 0.25) is 0 Å². The third kappa shape index (κ3) is 2.91. The van der Waals surface area contributed by atoms with Gasteiger partial charge in [0.15, 0.2) is 0 Å². The van der Waals surface area contributed by atoms with E-state index in [1.54, 1.807) is 0 Å². The molecule has 0 bridgehead atoms. The molecule has 0 saturated heterocycles. The molecule has 6 aromatic carbocycles. The minimum atomic E-state index is 0.927. The van der Waals surface area contributed by atoms with Crippen LogP contribution in [0, 0.1) is 0 Å². The molecule has 0 aliphatic rings. The van der Waals surface area contributed by atoms with Crippen molar-refractivity contribution in [3.63, 3.8) is 0 Å². The van der Waals surface area contributed by atoms with Crippen molar-refractivity contribution in [1.82, 2.24) is 4.57 Å². The predicted octanol–water partition coefficient (Wildman–Crippen LogP) is 10.7. The van der Waals surface area contributed by atoms with Crippen molar-refractivity contribution in [3.8, 4) is 16.8 Å². The minimum Gasteiger partial charge on any atom is -0.456 e. The van der Waals surface area contributed by atoms with E-state index in [-0.39, 0.29) is 0 Å². The van der Waals surface area contributed by atoms with E-state index in [9.17, 15) is 0 Å². The van der Waals surface area contributed by atoms with Gasteiger partial charge in [-0.15, -0.1) is 11.3 Å². The number of benzene rings is 6. The number of para-hydroxylation sites is 3. The highest BCUT2D eigenvalue weighted by atomic mass is 32.1. The van der Waals surface area contributed by atoms with Crippen LogP contribution in [0.3, 0.4) is 0 Å². The zero-order chi connectivity index (χ0) is 25.5. The fourth-order valence-corrected chi connectivity index (χ4v) is 7.49. The lowest BCUT2D eigenvalue weighted by molar-refractivity contribution is 0.669. The number of aromatic nitrogens is 1. The fraction of sp³-hybridized carbons (Fsp3) is 0. The Balaban J connectivity index is 1.38. The highest BCUT2D eigenvalue weighted by Crippen LogP contribution is 2.44. The monoisotopic (exact) mass is 515 g/mol. The van der Waals surface area contributed by atoms with Gasteiger partial charge in [0.05, 0.1) is 11.0 Å². The fourth-order valence-electron chi connectivity index (χ4n) is 6.38. The summed E-state index contributed by atoms with van der Waals surface area (Å²) in [4.78, 5) is 0. The summed E-state index contributed by atoms with van der Waals surface area (Å²) in [5.41, 5.74) is 7.95. The molecule has 0 aliphatic carbocycles. The third-order valence-corrected chi connectivity index (χ3v) is 9.15. The van der Waals surface area contributed by atoms with Gasteiger partial charge in [0.1, 0.15) is 11.2 Å². The maximum atomic E-state index is 6.24. The number of nitrogens with zero attached hydrogens (tertiary/aromatic N) is 1. The zero-order valence-corrected chi connectivity index (χ0v) is 21.7. The number of hydrogen-bond acceptors (Lipinski definition) is 2. The summed E-state index contributed by atoms with van der Waals surface area (Å²) in [6.45, 7) is 0. The molecule has 0 aliphatic heterocycles. The van der Waals surface area contributed by atoms with Gasteiger partial charge in [0, 0.05) is 47.4 Å². The molecule has 39 heavy (non-hydrogen) atoms. The first-order chi connectivity index (χ1) is 19.3. The van der Waals surface area contributed by atoms with E-state index in [0.29, 0.717) is 0 Å². The van der Waals surface area contributed by atoms with E-state index in [0.717, 1.165) is 16.6 Å². The van der Waals surface area contributed by atoms with Crippen molar-refractivity contribution in [3.05, 3.63) is 127 Å². The Kier molecular flexibility index (Phi) is 4.24. The Labute approximate surface area is 227 Å². The highest BCUT2D eigenvalue weighted by Gasteiger charge is 2.18. The molecule has 182 valence electrons. The van der Waals surface area contributed by atoms with Crippen molar-refractivity contribution in [2.45, 2.75) is 0 Å². The van der Waals surface area contributed by atoms with Crippen LogP contribution in [0.4, 0.5) is 0 Å². The van der Waals surface area contributed by atoms with Crippen LogP contribution in [0.25, 0.3) is 80.7 Å². The largest absolute Gasteiger partial charge is 0.456 e. The summed E-state index contributed by atoms with van der Waals surface area (Å²) < 4.78 is 11.2. The Bertz CT molecular complexity index is 2350. The molecule has 3 heteroatoms. The van der Waals surface area contributed by atoms with Crippen LogP contribution in [0.1, 0.15) is 0 Å². The van der Waals surface area contributed by atoms with E-state index >= 15 is 0 Å². The molecule has 9 aromatic rings. The lowest BCUT2D eigenvalue weighted by Gasteiger charge is -2.10.